The van der Waals surface area contributed by atoms with Gasteiger partial charge in [0.15, 0.2) is 0 Å². The van der Waals surface area contributed by atoms with Crippen LogP contribution in [-0.2, 0) is 9.47 Å². The summed E-state index contributed by atoms with van der Waals surface area (Å²) in [5.41, 5.74) is 0. The molecule has 0 amide bonds. The zero-order valence-electron chi connectivity index (χ0n) is 6.64. The van der Waals surface area contributed by atoms with Crippen molar-refractivity contribution in [2.75, 3.05) is 33.4 Å². The Morgan fingerprint density at radius 3 is 3.44 bits per heavy atom. The average molecular weight is 132 g/mol. The number of rotatable bonds is 2. The van der Waals surface area contributed by atoms with Crippen LogP contribution in [0, 0.1) is 0 Å². The van der Waals surface area contributed by atoms with Crippen molar-refractivity contribution in [3.8, 4) is 0 Å². The second-order valence-corrected chi connectivity index (χ2v) is 2.00. The molecule has 1 fully saturated rings. The number of hydrogen-bond donors (Lipinski definition) is 1. The normalized spacial score (nSPS) is 38.1. The van der Waals surface area contributed by atoms with E-state index in [0.717, 1.165) is 6.54 Å². The minimum absolute atomic E-state index is 0.333. The first-order chi connectivity index (χ1) is 4.77. The predicted molar refractivity (Wildman–Crippen MR) is 34.5 cm³/mol. The number of nitrogens with one attached hydrogen (secondary N) is 1. The molecule has 0 aromatic rings. The van der Waals surface area contributed by atoms with E-state index in [9.17, 15) is 0 Å². The topological polar surface area (TPSA) is 30.5 Å². The van der Waals surface area contributed by atoms with Crippen molar-refractivity contribution >= 4 is 0 Å². The van der Waals surface area contributed by atoms with Crippen LogP contribution < -0.4 is 5.32 Å². The summed E-state index contributed by atoms with van der Waals surface area (Å²) in [4.78, 5) is 0. The van der Waals surface area contributed by atoms with Crippen molar-refractivity contribution in [3.63, 3.8) is 0 Å². The van der Waals surface area contributed by atoms with Crippen LogP contribution in [0.3, 0.4) is 0 Å². The minimum Gasteiger partial charge on any atom is -0.382 e. The SMILES string of the molecule is [2H][C@@]1(COC)CNCCO1. The maximum absolute atomic E-state index is 7.61. The van der Waals surface area contributed by atoms with Crippen molar-refractivity contribution in [1.82, 2.24) is 5.32 Å². The summed E-state index contributed by atoms with van der Waals surface area (Å²) < 4.78 is 17.6. The highest BCUT2D eigenvalue weighted by Crippen LogP contribution is 1.94. The summed E-state index contributed by atoms with van der Waals surface area (Å²) >= 11 is 0. The van der Waals surface area contributed by atoms with E-state index >= 15 is 0 Å². The molecule has 1 atom stereocenters. The van der Waals surface area contributed by atoms with Crippen LogP contribution in [0.5, 0.6) is 0 Å². The van der Waals surface area contributed by atoms with Crippen LogP contribution >= 0.6 is 0 Å². The zero-order valence-corrected chi connectivity index (χ0v) is 5.64. The molecule has 1 aliphatic rings. The minimum atomic E-state index is -0.854. The molecule has 1 saturated heterocycles. The number of morpholine rings is 1. The lowest BCUT2D eigenvalue weighted by Crippen LogP contribution is -2.40. The van der Waals surface area contributed by atoms with E-state index in [-0.39, 0.29) is 0 Å². The Kier molecular flexibility index (Phi) is 2.40. The summed E-state index contributed by atoms with van der Waals surface area (Å²) in [7, 11) is 1.58. The van der Waals surface area contributed by atoms with Gasteiger partial charge >= 0.3 is 0 Å². The molecule has 3 nitrogen and oxygen atoms in total. The van der Waals surface area contributed by atoms with Gasteiger partial charge < -0.3 is 14.8 Å². The van der Waals surface area contributed by atoms with Gasteiger partial charge in [0, 0.05) is 20.2 Å². The fourth-order valence-corrected chi connectivity index (χ4v) is 0.800. The van der Waals surface area contributed by atoms with Gasteiger partial charge in [-0.1, -0.05) is 0 Å². The third-order valence-corrected chi connectivity index (χ3v) is 1.21. The molecule has 54 valence electrons. The molecular formula is C6H13NO2. The standard InChI is InChI=1S/C6H13NO2/c1-8-5-6-4-7-2-3-9-6/h6-7H,2-5H2,1H3/t6-/m0/s1/i6D. The summed E-state index contributed by atoms with van der Waals surface area (Å²) in [6.45, 7) is 2.33. The van der Waals surface area contributed by atoms with E-state index in [1.54, 1.807) is 7.11 Å². The molecule has 0 radical (unpaired) electrons. The van der Waals surface area contributed by atoms with E-state index in [2.05, 4.69) is 5.32 Å². The fraction of sp³-hybridized carbons (Fsp3) is 1.00. The molecule has 0 unspecified atom stereocenters. The monoisotopic (exact) mass is 132 g/mol. The molecule has 1 aliphatic heterocycles. The summed E-state index contributed by atoms with van der Waals surface area (Å²) in [6.07, 6.45) is -0.854. The lowest BCUT2D eigenvalue weighted by atomic mass is 10.3. The van der Waals surface area contributed by atoms with Crippen LogP contribution in [0.15, 0.2) is 0 Å². The average Bonchev–Trinajstić information content (AvgIpc) is 1.89. The molecule has 0 aromatic carbocycles. The Bertz CT molecular complexity index is 98.4. The Morgan fingerprint density at radius 1 is 2.00 bits per heavy atom. The first kappa shape index (κ1) is 5.65. The van der Waals surface area contributed by atoms with Crippen LogP contribution in [0.25, 0.3) is 0 Å². The van der Waals surface area contributed by atoms with Gasteiger partial charge in [0.2, 0.25) is 0 Å². The highest BCUT2D eigenvalue weighted by atomic mass is 16.5. The molecule has 1 N–H and O–H groups in total. The third kappa shape index (κ3) is 2.30. The van der Waals surface area contributed by atoms with Crippen LogP contribution in [0.1, 0.15) is 1.37 Å². The smallest absolute Gasteiger partial charge is 0.0932 e. The zero-order chi connectivity index (χ0) is 7.45. The first-order valence-corrected chi connectivity index (χ1v) is 3.10. The quantitative estimate of drug-likeness (QED) is 0.555. The molecule has 0 aliphatic carbocycles. The lowest BCUT2D eigenvalue weighted by Gasteiger charge is -2.22. The molecule has 3 heteroatoms. The van der Waals surface area contributed by atoms with E-state index in [1.807, 2.05) is 0 Å². The lowest BCUT2D eigenvalue weighted by molar-refractivity contribution is -0.0188. The van der Waals surface area contributed by atoms with Crippen LogP contribution in [0.2, 0.25) is 0 Å². The number of hydrogen-bond acceptors (Lipinski definition) is 3. The van der Waals surface area contributed by atoms with Gasteiger partial charge in [-0.15, -0.1) is 0 Å². The highest BCUT2D eigenvalue weighted by Gasteiger charge is 2.11. The molecule has 1 rings (SSSR count). The van der Waals surface area contributed by atoms with Gasteiger partial charge in [-0.05, 0) is 0 Å². The molecule has 0 spiro atoms. The second kappa shape index (κ2) is 3.82. The second-order valence-electron chi connectivity index (χ2n) is 2.00. The van der Waals surface area contributed by atoms with E-state index in [0.29, 0.717) is 19.8 Å². The van der Waals surface area contributed by atoms with E-state index in [1.165, 1.54) is 0 Å². The van der Waals surface area contributed by atoms with Gasteiger partial charge in [0.25, 0.3) is 0 Å². The van der Waals surface area contributed by atoms with E-state index in [4.69, 9.17) is 10.8 Å². The Morgan fingerprint density at radius 2 is 2.89 bits per heavy atom. The van der Waals surface area contributed by atoms with Crippen molar-refractivity contribution in [1.29, 1.82) is 0 Å². The summed E-state index contributed by atoms with van der Waals surface area (Å²) in [5.74, 6) is 0. The van der Waals surface area contributed by atoms with Crippen molar-refractivity contribution < 1.29 is 10.8 Å². The molecule has 0 bridgehead atoms. The maximum atomic E-state index is 7.61. The molecule has 0 saturated carbocycles. The molecule has 0 aromatic heterocycles. The Hall–Kier alpha value is -0.120. The number of methoxy groups -OCH3 is 1. The third-order valence-electron chi connectivity index (χ3n) is 1.21. The van der Waals surface area contributed by atoms with Gasteiger partial charge in [-0.3, -0.25) is 0 Å². The summed E-state index contributed by atoms with van der Waals surface area (Å²) in [5, 5.41) is 3.07. The van der Waals surface area contributed by atoms with Crippen LogP contribution in [-0.4, -0.2) is 39.5 Å². The van der Waals surface area contributed by atoms with Gasteiger partial charge in [-0.2, -0.15) is 0 Å². The fourth-order valence-electron chi connectivity index (χ4n) is 0.800. The van der Waals surface area contributed by atoms with Crippen molar-refractivity contribution in [2.24, 2.45) is 0 Å². The van der Waals surface area contributed by atoms with Gasteiger partial charge in [-0.25, -0.2) is 0 Å². The van der Waals surface area contributed by atoms with Gasteiger partial charge in [0.05, 0.1) is 20.7 Å². The Labute approximate surface area is 56.7 Å². The molecule has 9 heavy (non-hydrogen) atoms. The Balaban J connectivity index is 2.32. The van der Waals surface area contributed by atoms with Crippen molar-refractivity contribution in [3.05, 3.63) is 0 Å². The predicted octanol–water partition coefficient (Wildman–Crippen LogP) is -0.379. The van der Waals surface area contributed by atoms with E-state index < -0.39 is 6.08 Å². The highest BCUT2D eigenvalue weighted by molar-refractivity contribution is 4.65. The molecular weight excluding hydrogens is 118 g/mol. The van der Waals surface area contributed by atoms with Gasteiger partial charge in [0.1, 0.15) is 0 Å². The summed E-state index contributed by atoms with van der Waals surface area (Å²) in [6, 6.07) is 0. The van der Waals surface area contributed by atoms with Crippen LogP contribution in [0.4, 0.5) is 0 Å². The maximum Gasteiger partial charge on any atom is 0.0932 e. The number of ether oxygens (including phenoxy) is 2. The van der Waals surface area contributed by atoms with Crippen molar-refractivity contribution in [2.45, 2.75) is 6.08 Å². The first-order valence-electron chi connectivity index (χ1n) is 3.60. The molecule has 1 heterocycles. The largest absolute Gasteiger partial charge is 0.382 e.